The Morgan fingerprint density at radius 1 is 1.26 bits per heavy atom. The van der Waals surface area contributed by atoms with Gasteiger partial charge in [0.15, 0.2) is 0 Å². The monoisotopic (exact) mass is 534 g/mol. The number of hydrogen-bond acceptors (Lipinski definition) is 8. The van der Waals surface area contributed by atoms with E-state index >= 15 is 0 Å². The molecule has 0 unspecified atom stereocenters. The highest BCUT2D eigenvalue weighted by Gasteiger charge is 2.32. The molecule has 0 spiro atoms. The molecule has 0 aliphatic carbocycles. The summed E-state index contributed by atoms with van der Waals surface area (Å²) in [7, 11) is 2.16. The fourth-order valence-corrected chi connectivity index (χ4v) is 4.58. The van der Waals surface area contributed by atoms with Crippen molar-refractivity contribution in [3.63, 3.8) is 0 Å². The molecular weight excluding hydrogens is 500 g/mol. The number of hydrogen-bond donors (Lipinski definition) is 2. The second-order valence-corrected chi connectivity index (χ2v) is 10.7. The maximum absolute atomic E-state index is 12.1. The van der Waals surface area contributed by atoms with Crippen molar-refractivity contribution in [2.24, 2.45) is 0 Å². The Hall–Kier alpha value is -2.40. The topological polar surface area (TPSA) is 100 Å². The van der Waals surface area contributed by atoms with Crippen molar-refractivity contribution in [3.8, 4) is 0 Å². The summed E-state index contributed by atoms with van der Waals surface area (Å²) in [5, 5.41) is 11.4. The molecule has 2 aromatic rings. The predicted octanol–water partition coefficient (Wildman–Crippen LogP) is 4.18. The van der Waals surface area contributed by atoms with Crippen LogP contribution in [0.4, 0.5) is 22.2 Å². The molecule has 11 heteroatoms. The van der Waals surface area contributed by atoms with Crippen LogP contribution in [0.1, 0.15) is 51.3 Å². The molecule has 0 aromatic carbocycles. The summed E-state index contributed by atoms with van der Waals surface area (Å²) < 4.78 is 8.34. The van der Waals surface area contributed by atoms with Crippen molar-refractivity contribution >= 4 is 39.5 Å². The number of aromatic nitrogens is 4. The molecule has 0 saturated carbocycles. The van der Waals surface area contributed by atoms with Gasteiger partial charge in [-0.05, 0) is 76.1 Å². The van der Waals surface area contributed by atoms with E-state index in [1.807, 2.05) is 20.8 Å². The molecule has 186 valence electrons. The van der Waals surface area contributed by atoms with Crippen LogP contribution < -0.4 is 10.6 Å². The average molecular weight is 535 g/mol. The quantitative estimate of drug-likeness (QED) is 0.486. The maximum atomic E-state index is 12.1. The lowest BCUT2D eigenvalue weighted by Gasteiger charge is -2.36. The Bertz CT molecular complexity index is 1000. The first-order valence-electron chi connectivity index (χ1n) is 12.0. The van der Waals surface area contributed by atoms with E-state index in [9.17, 15) is 4.79 Å². The highest BCUT2D eigenvalue weighted by atomic mass is 79.9. The fraction of sp³-hybridized carbons (Fsp3) is 0.652. The number of nitrogens with zero attached hydrogens (tertiary/aromatic N) is 6. The molecule has 0 radical (unpaired) electrons. The van der Waals surface area contributed by atoms with Gasteiger partial charge in [0, 0.05) is 38.4 Å². The predicted molar refractivity (Wildman–Crippen MR) is 136 cm³/mol. The molecule has 2 aromatic heterocycles. The van der Waals surface area contributed by atoms with Crippen LogP contribution in [0.2, 0.25) is 0 Å². The van der Waals surface area contributed by atoms with Gasteiger partial charge in [0.05, 0.1) is 21.9 Å². The summed E-state index contributed by atoms with van der Waals surface area (Å²) in [4.78, 5) is 25.3. The average Bonchev–Trinajstić information content (AvgIpc) is 3.14. The minimum absolute atomic E-state index is 0.234. The van der Waals surface area contributed by atoms with Crippen LogP contribution in [0.25, 0.3) is 0 Å². The summed E-state index contributed by atoms with van der Waals surface area (Å²) in [6.45, 7) is 10.1. The number of rotatable bonds is 8. The molecule has 0 bridgehead atoms. The van der Waals surface area contributed by atoms with Gasteiger partial charge < -0.3 is 25.2 Å². The van der Waals surface area contributed by atoms with Crippen LogP contribution in [-0.2, 0) is 4.74 Å². The molecule has 2 fully saturated rings. The zero-order chi connectivity index (χ0) is 24.3. The van der Waals surface area contributed by atoms with Crippen LogP contribution in [0, 0.1) is 6.92 Å². The van der Waals surface area contributed by atoms with E-state index in [-0.39, 0.29) is 11.7 Å². The smallest absolute Gasteiger partial charge is 0.410 e. The third-order valence-electron chi connectivity index (χ3n) is 6.47. The van der Waals surface area contributed by atoms with Gasteiger partial charge in [0.2, 0.25) is 5.95 Å². The molecule has 2 aliphatic heterocycles. The fourth-order valence-electron chi connectivity index (χ4n) is 4.25. The van der Waals surface area contributed by atoms with E-state index in [1.165, 1.54) is 0 Å². The van der Waals surface area contributed by atoms with Gasteiger partial charge in [-0.3, -0.25) is 4.68 Å². The molecule has 4 rings (SSSR count). The first-order valence-corrected chi connectivity index (χ1v) is 12.8. The van der Waals surface area contributed by atoms with Crippen LogP contribution in [0.15, 0.2) is 16.9 Å². The summed E-state index contributed by atoms with van der Waals surface area (Å²) in [5.41, 5.74) is 1.47. The Balaban J connectivity index is 1.31. The van der Waals surface area contributed by atoms with Gasteiger partial charge in [0.1, 0.15) is 11.4 Å². The highest BCUT2D eigenvalue weighted by molar-refractivity contribution is 9.10. The zero-order valence-corrected chi connectivity index (χ0v) is 22.1. The van der Waals surface area contributed by atoms with Crippen LogP contribution in [0.3, 0.4) is 0 Å². The Labute approximate surface area is 209 Å². The van der Waals surface area contributed by atoms with Gasteiger partial charge in [-0.15, -0.1) is 0 Å². The minimum Gasteiger partial charge on any atom is -0.443 e. The Morgan fingerprint density at radius 2 is 2.03 bits per heavy atom. The number of cyclic esters (lactones) is 1. The van der Waals surface area contributed by atoms with Crippen LogP contribution in [0.5, 0.6) is 0 Å². The lowest BCUT2D eigenvalue weighted by atomic mass is 10.0. The standard InChI is InChI=1S/C23H35BrN8O2/c1-16-19(15-32(29-16)17-6-11-30(4)12-7-17)27-21-26-14-18(24)20(28-21)25-9-5-10-31-13-8-23(2,3)34-22(31)33/h14-15,17H,5-13H2,1-4H3,(H2,25,26,27,28). The number of carbonyl (C=O) groups excluding carboxylic acids is 1. The largest absolute Gasteiger partial charge is 0.443 e. The molecule has 2 N–H and O–H groups in total. The molecule has 4 heterocycles. The number of halogens is 1. The SMILES string of the molecule is Cc1nn(C2CCN(C)CC2)cc1Nc1ncc(Br)c(NCCCN2CCC(C)(C)OC2=O)n1. The molecule has 1 amide bonds. The molecular formula is C23H35BrN8O2. The first-order chi connectivity index (χ1) is 16.2. The van der Waals surface area contributed by atoms with Gasteiger partial charge >= 0.3 is 6.09 Å². The van der Waals surface area contributed by atoms with Gasteiger partial charge in [-0.25, -0.2) is 9.78 Å². The van der Waals surface area contributed by atoms with E-state index in [1.54, 1.807) is 11.1 Å². The van der Waals surface area contributed by atoms with Crippen molar-refractivity contribution in [3.05, 3.63) is 22.6 Å². The van der Waals surface area contributed by atoms with E-state index in [0.717, 1.165) is 61.2 Å². The molecule has 0 atom stereocenters. The van der Waals surface area contributed by atoms with Crippen molar-refractivity contribution in [1.82, 2.24) is 29.5 Å². The lowest BCUT2D eigenvalue weighted by molar-refractivity contribution is -0.0253. The number of amides is 1. The first kappa shape index (κ1) is 24.7. The third kappa shape index (κ3) is 6.18. The van der Waals surface area contributed by atoms with E-state index in [2.05, 4.69) is 59.4 Å². The van der Waals surface area contributed by atoms with Crippen molar-refractivity contribution in [1.29, 1.82) is 0 Å². The summed E-state index contributed by atoms with van der Waals surface area (Å²) >= 11 is 3.52. The van der Waals surface area contributed by atoms with Gasteiger partial charge in [0.25, 0.3) is 0 Å². The number of likely N-dealkylation sites (tertiary alicyclic amines) is 1. The van der Waals surface area contributed by atoms with E-state index in [4.69, 9.17) is 9.84 Å². The number of aryl methyl sites for hydroxylation is 1. The molecule has 2 aliphatic rings. The maximum Gasteiger partial charge on any atom is 0.410 e. The third-order valence-corrected chi connectivity index (χ3v) is 7.05. The van der Waals surface area contributed by atoms with Crippen molar-refractivity contribution in [2.45, 2.75) is 58.1 Å². The number of nitrogens with one attached hydrogen (secondary N) is 2. The number of carbonyl (C=O) groups is 1. The van der Waals surface area contributed by atoms with Crippen LogP contribution >= 0.6 is 15.9 Å². The van der Waals surface area contributed by atoms with Crippen molar-refractivity contribution in [2.75, 3.05) is 50.4 Å². The zero-order valence-electron chi connectivity index (χ0n) is 20.5. The summed E-state index contributed by atoms with van der Waals surface area (Å²) in [6, 6.07) is 0.428. The second kappa shape index (κ2) is 10.5. The van der Waals surface area contributed by atoms with E-state index in [0.29, 0.717) is 30.9 Å². The normalized spacial score (nSPS) is 19.2. The number of piperidine rings is 1. The minimum atomic E-state index is -0.372. The second-order valence-electron chi connectivity index (χ2n) is 9.80. The van der Waals surface area contributed by atoms with Crippen molar-refractivity contribution < 1.29 is 9.53 Å². The van der Waals surface area contributed by atoms with Gasteiger partial charge in [-0.2, -0.15) is 10.1 Å². The number of ether oxygens (including phenoxy) is 1. The molecule has 10 nitrogen and oxygen atoms in total. The highest BCUT2D eigenvalue weighted by Crippen LogP contribution is 2.27. The molecule has 2 saturated heterocycles. The Kier molecular flexibility index (Phi) is 7.61. The summed E-state index contributed by atoms with van der Waals surface area (Å²) in [6.07, 6.45) is 7.40. The lowest BCUT2D eigenvalue weighted by Crippen LogP contribution is -2.47. The van der Waals surface area contributed by atoms with Crippen LogP contribution in [-0.4, -0.2) is 81.0 Å². The molecule has 34 heavy (non-hydrogen) atoms. The van der Waals surface area contributed by atoms with E-state index < -0.39 is 0 Å². The Morgan fingerprint density at radius 3 is 2.76 bits per heavy atom. The van der Waals surface area contributed by atoms with Gasteiger partial charge in [-0.1, -0.05) is 0 Å². The number of anilines is 3. The summed E-state index contributed by atoms with van der Waals surface area (Å²) in [5.74, 6) is 1.22.